The molecule has 1 aliphatic rings. The van der Waals surface area contributed by atoms with Gasteiger partial charge in [-0.3, -0.25) is 4.90 Å². The van der Waals surface area contributed by atoms with E-state index in [1.807, 2.05) is 19.1 Å². The van der Waals surface area contributed by atoms with Gasteiger partial charge in [0.2, 0.25) is 0 Å². The summed E-state index contributed by atoms with van der Waals surface area (Å²) in [5, 5.41) is 0. The number of halogens is 1. The standard InChI is InChI=1S/C14H21FN2/c1-3-7-17-8-6-13(16)14(17)11-4-5-12(15)10(2)9-11/h4-5,9,13-14H,3,6-8,16H2,1-2H3. The highest BCUT2D eigenvalue weighted by atomic mass is 19.1. The van der Waals surface area contributed by atoms with Gasteiger partial charge in [0.05, 0.1) is 0 Å². The van der Waals surface area contributed by atoms with Crippen LogP contribution in [0.3, 0.4) is 0 Å². The molecule has 0 amide bonds. The lowest BCUT2D eigenvalue weighted by molar-refractivity contribution is 0.248. The number of rotatable bonds is 3. The van der Waals surface area contributed by atoms with Gasteiger partial charge in [-0.1, -0.05) is 19.1 Å². The Bertz CT molecular complexity index is 390. The first-order valence-electron chi connectivity index (χ1n) is 6.39. The van der Waals surface area contributed by atoms with Gasteiger partial charge in [0.25, 0.3) is 0 Å². The summed E-state index contributed by atoms with van der Waals surface area (Å²) >= 11 is 0. The summed E-state index contributed by atoms with van der Waals surface area (Å²) in [6.07, 6.45) is 2.16. The van der Waals surface area contributed by atoms with Crippen molar-refractivity contribution in [1.29, 1.82) is 0 Å². The molecule has 17 heavy (non-hydrogen) atoms. The van der Waals surface area contributed by atoms with Crippen molar-refractivity contribution < 1.29 is 4.39 Å². The van der Waals surface area contributed by atoms with Gasteiger partial charge in [-0.15, -0.1) is 0 Å². The Hall–Kier alpha value is -0.930. The first-order valence-corrected chi connectivity index (χ1v) is 6.39. The number of nitrogens with two attached hydrogens (primary N) is 1. The van der Waals surface area contributed by atoms with Crippen LogP contribution < -0.4 is 5.73 Å². The zero-order valence-electron chi connectivity index (χ0n) is 10.6. The van der Waals surface area contributed by atoms with Crippen LogP contribution in [0.2, 0.25) is 0 Å². The van der Waals surface area contributed by atoms with E-state index in [2.05, 4.69) is 11.8 Å². The Morgan fingerprint density at radius 1 is 1.47 bits per heavy atom. The lowest BCUT2D eigenvalue weighted by Gasteiger charge is -2.27. The van der Waals surface area contributed by atoms with Crippen molar-refractivity contribution in [3.63, 3.8) is 0 Å². The Morgan fingerprint density at radius 2 is 2.24 bits per heavy atom. The quantitative estimate of drug-likeness (QED) is 0.874. The van der Waals surface area contributed by atoms with Gasteiger partial charge in [0.1, 0.15) is 5.82 Å². The second-order valence-electron chi connectivity index (χ2n) is 4.94. The third-order valence-electron chi connectivity index (χ3n) is 3.58. The highest BCUT2D eigenvalue weighted by molar-refractivity contribution is 5.28. The SMILES string of the molecule is CCCN1CCC(N)C1c1ccc(F)c(C)c1. The third-order valence-corrected chi connectivity index (χ3v) is 3.58. The van der Waals surface area contributed by atoms with Gasteiger partial charge in [-0.2, -0.15) is 0 Å². The summed E-state index contributed by atoms with van der Waals surface area (Å²) in [7, 11) is 0. The number of benzene rings is 1. The van der Waals surface area contributed by atoms with Crippen LogP contribution >= 0.6 is 0 Å². The molecule has 0 saturated carbocycles. The summed E-state index contributed by atoms with van der Waals surface area (Å²) in [5.74, 6) is -0.137. The van der Waals surface area contributed by atoms with E-state index in [-0.39, 0.29) is 17.9 Å². The predicted octanol–water partition coefficient (Wildman–Crippen LogP) is 2.62. The van der Waals surface area contributed by atoms with Gasteiger partial charge in [0.15, 0.2) is 0 Å². The van der Waals surface area contributed by atoms with Gasteiger partial charge in [-0.25, -0.2) is 4.39 Å². The Kier molecular flexibility index (Phi) is 3.79. The zero-order valence-corrected chi connectivity index (χ0v) is 10.6. The fourth-order valence-corrected chi connectivity index (χ4v) is 2.73. The van der Waals surface area contributed by atoms with E-state index in [0.29, 0.717) is 5.56 Å². The molecule has 2 unspecified atom stereocenters. The molecule has 94 valence electrons. The summed E-state index contributed by atoms with van der Waals surface area (Å²) in [6, 6.07) is 5.80. The maximum absolute atomic E-state index is 13.3. The average molecular weight is 236 g/mol. The van der Waals surface area contributed by atoms with E-state index in [1.165, 1.54) is 0 Å². The van der Waals surface area contributed by atoms with Crippen molar-refractivity contribution in [1.82, 2.24) is 4.90 Å². The zero-order chi connectivity index (χ0) is 12.4. The minimum absolute atomic E-state index is 0.137. The van der Waals surface area contributed by atoms with Gasteiger partial charge in [0, 0.05) is 18.6 Å². The first-order chi connectivity index (χ1) is 8.13. The molecule has 0 aromatic heterocycles. The molecule has 1 heterocycles. The summed E-state index contributed by atoms with van der Waals surface area (Å²) in [5.41, 5.74) is 8.05. The fourth-order valence-electron chi connectivity index (χ4n) is 2.73. The Morgan fingerprint density at radius 3 is 2.88 bits per heavy atom. The van der Waals surface area contributed by atoms with Crippen LogP contribution in [-0.4, -0.2) is 24.0 Å². The first kappa shape index (κ1) is 12.5. The lowest BCUT2D eigenvalue weighted by atomic mass is 9.99. The lowest BCUT2D eigenvalue weighted by Crippen LogP contribution is -2.32. The number of hydrogen-bond donors (Lipinski definition) is 1. The normalized spacial score (nSPS) is 25.4. The highest BCUT2D eigenvalue weighted by Crippen LogP contribution is 2.31. The second-order valence-corrected chi connectivity index (χ2v) is 4.94. The molecule has 0 aliphatic carbocycles. The van der Waals surface area contributed by atoms with Crippen molar-refractivity contribution in [2.24, 2.45) is 5.73 Å². The molecule has 1 fully saturated rings. The molecule has 3 heteroatoms. The van der Waals surface area contributed by atoms with E-state index in [4.69, 9.17) is 5.73 Å². The van der Waals surface area contributed by atoms with Crippen molar-refractivity contribution in [3.8, 4) is 0 Å². The topological polar surface area (TPSA) is 29.3 Å². The largest absolute Gasteiger partial charge is 0.326 e. The van der Waals surface area contributed by atoms with E-state index in [0.717, 1.165) is 31.5 Å². The van der Waals surface area contributed by atoms with Gasteiger partial charge >= 0.3 is 0 Å². The number of aryl methyl sites for hydroxylation is 1. The molecule has 1 aromatic rings. The highest BCUT2D eigenvalue weighted by Gasteiger charge is 2.32. The Balaban J connectivity index is 2.26. The summed E-state index contributed by atoms with van der Waals surface area (Å²) in [4.78, 5) is 2.41. The molecular formula is C14H21FN2. The Labute approximate surface area is 103 Å². The minimum atomic E-state index is -0.137. The van der Waals surface area contributed by atoms with Crippen LogP contribution in [0.15, 0.2) is 18.2 Å². The third kappa shape index (κ3) is 2.50. The summed E-state index contributed by atoms with van der Waals surface area (Å²) < 4.78 is 13.3. The number of likely N-dealkylation sites (tertiary alicyclic amines) is 1. The number of nitrogens with zero attached hydrogens (tertiary/aromatic N) is 1. The van der Waals surface area contributed by atoms with Gasteiger partial charge < -0.3 is 5.73 Å². The molecule has 2 N–H and O–H groups in total. The molecule has 0 bridgehead atoms. The molecule has 1 saturated heterocycles. The maximum atomic E-state index is 13.3. The second kappa shape index (κ2) is 5.15. The average Bonchev–Trinajstić information content (AvgIpc) is 2.65. The molecule has 1 aromatic carbocycles. The maximum Gasteiger partial charge on any atom is 0.126 e. The van der Waals surface area contributed by atoms with Crippen LogP contribution in [-0.2, 0) is 0 Å². The van der Waals surface area contributed by atoms with Crippen molar-refractivity contribution in [3.05, 3.63) is 35.1 Å². The molecule has 0 radical (unpaired) electrons. The minimum Gasteiger partial charge on any atom is -0.326 e. The van der Waals surface area contributed by atoms with Crippen LogP contribution in [0.25, 0.3) is 0 Å². The van der Waals surface area contributed by atoms with E-state index >= 15 is 0 Å². The molecule has 2 rings (SSSR count). The smallest absolute Gasteiger partial charge is 0.126 e. The van der Waals surface area contributed by atoms with Crippen LogP contribution in [0.4, 0.5) is 4.39 Å². The predicted molar refractivity (Wildman–Crippen MR) is 68.3 cm³/mol. The van der Waals surface area contributed by atoms with E-state index in [9.17, 15) is 4.39 Å². The summed E-state index contributed by atoms with van der Waals surface area (Å²) in [6.45, 7) is 6.10. The molecule has 0 spiro atoms. The van der Waals surface area contributed by atoms with Crippen molar-refractivity contribution >= 4 is 0 Å². The fraction of sp³-hybridized carbons (Fsp3) is 0.571. The number of hydrogen-bond acceptors (Lipinski definition) is 2. The molecular weight excluding hydrogens is 215 g/mol. The van der Waals surface area contributed by atoms with Crippen molar-refractivity contribution in [2.75, 3.05) is 13.1 Å². The molecule has 2 atom stereocenters. The molecule has 1 aliphatic heterocycles. The van der Waals surface area contributed by atoms with Crippen LogP contribution in [0, 0.1) is 12.7 Å². The van der Waals surface area contributed by atoms with Crippen LogP contribution in [0.5, 0.6) is 0 Å². The van der Waals surface area contributed by atoms with E-state index < -0.39 is 0 Å². The monoisotopic (exact) mass is 236 g/mol. The van der Waals surface area contributed by atoms with Gasteiger partial charge in [-0.05, 0) is 43.5 Å². The van der Waals surface area contributed by atoms with Crippen molar-refractivity contribution in [2.45, 2.75) is 38.8 Å². The molecule has 2 nitrogen and oxygen atoms in total. The van der Waals surface area contributed by atoms with Crippen LogP contribution in [0.1, 0.15) is 36.9 Å². The van der Waals surface area contributed by atoms with E-state index in [1.54, 1.807) is 6.07 Å².